The molecule has 4 heteroatoms. The van der Waals surface area contributed by atoms with Gasteiger partial charge in [-0.3, -0.25) is 9.69 Å². The first-order chi connectivity index (χ1) is 12.6. The van der Waals surface area contributed by atoms with Crippen LogP contribution < -0.4 is 0 Å². The van der Waals surface area contributed by atoms with Gasteiger partial charge in [0.25, 0.3) is 0 Å². The zero-order valence-electron chi connectivity index (χ0n) is 16.2. The summed E-state index contributed by atoms with van der Waals surface area (Å²) in [7, 11) is 0. The van der Waals surface area contributed by atoms with E-state index in [9.17, 15) is 4.79 Å². The summed E-state index contributed by atoms with van der Waals surface area (Å²) < 4.78 is 5.35. The fourth-order valence-electron chi connectivity index (χ4n) is 3.63. The highest BCUT2D eigenvalue weighted by molar-refractivity contribution is 5.78. The van der Waals surface area contributed by atoms with Crippen LogP contribution in [0, 0.1) is 5.92 Å². The molecule has 0 N–H and O–H groups in total. The average molecular weight is 357 g/mol. The van der Waals surface area contributed by atoms with Gasteiger partial charge >= 0.3 is 0 Å². The Morgan fingerprint density at radius 2 is 1.77 bits per heavy atom. The van der Waals surface area contributed by atoms with Gasteiger partial charge in [0.2, 0.25) is 5.91 Å². The fourth-order valence-corrected chi connectivity index (χ4v) is 3.63. The first-order valence-corrected chi connectivity index (χ1v) is 9.98. The molecule has 0 aliphatic carbocycles. The lowest BCUT2D eigenvalue weighted by Gasteiger charge is -2.33. The third-order valence-electron chi connectivity index (χ3n) is 5.52. The molecule has 3 rings (SSSR count). The molecule has 0 saturated carbocycles. The van der Waals surface area contributed by atoms with Crippen molar-refractivity contribution in [1.29, 1.82) is 0 Å². The Kier molecular flexibility index (Phi) is 6.86. The first kappa shape index (κ1) is 19.1. The third kappa shape index (κ3) is 5.42. The Morgan fingerprint density at radius 1 is 1.12 bits per heavy atom. The van der Waals surface area contributed by atoms with Crippen LogP contribution in [0.3, 0.4) is 0 Å². The normalized spacial score (nSPS) is 20.2. The molecule has 4 nitrogen and oxygen atoms in total. The van der Waals surface area contributed by atoms with Gasteiger partial charge in [-0.1, -0.05) is 50.3 Å². The Morgan fingerprint density at radius 3 is 2.38 bits per heavy atom. The molecule has 1 amide bonds. The van der Waals surface area contributed by atoms with Gasteiger partial charge in [0.15, 0.2) is 0 Å². The standard InChI is InChI=1S/C22H32N2O2/c1-18(2)21-7-5-19(6-8-21)3-4-20-9-11-24(12-10-20)22(25)17-23-13-15-26-16-14-23/h3-8,18,20H,9-17H2,1-2H3/b4-3-. The molecule has 0 radical (unpaired) electrons. The van der Waals surface area contributed by atoms with Crippen molar-refractivity contribution in [1.82, 2.24) is 9.80 Å². The van der Waals surface area contributed by atoms with E-state index in [2.05, 4.69) is 55.2 Å². The van der Waals surface area contributed by atoms with E-state index in [0.29, 0.717) is 18.4 Å². The van der Waals surface area contributed by atoms with Gasteiger partial charge in [-0.25, -0.2) is 0 Å². The number of likely N-dealkylation sites (tertiary alicyclic amines) is 1. The van der Waals surface area contributed by atoms with E-state index in [4.69, 9.17) is 4.74 Å². The molecule has 2 saturated heterocycles. The quantitative estimate of drug-likeness (QED) is 0.811. The second-order valence-electron chi connectivity index (χ2n) is 7.79. The molecule has 2 aliphatic heterocycles. The van der Waals surface area contributed by atoms with Crippen molar-refractivity contribution < 1.29 is 9.53 Å². The lowest BCUT2D eigenvalue weighted by Crippen LogP contribution is -2.46. The Balaban J connectivity index is 1.43. The van der Waals surface area contributed by atoms with Crippen LogP contribution in [-0.2, 0) is 9.53 Å². The second-order valence-corrected chi connectivity index (χ2v) is 7.79. The molecule has 26 heavy (non-hydrogen) atoms. The Hall–Kier alpha value is -1.65. The van der Waals surface area contributed by atoms with Gasteiger partial charge in [-0.05, 0) is 35.8 Å². The maximum Gasteiger partial charge on any atom is 0.236 e. The maximum absolute atomic E-state index is 12.5. The molecule has 2 fully saturated rings. The van der Waals surface area contributed by atoms with Gasteiger partial charge in [0.1, 0.15) is 0 Å². The highest BCUT2D eigenvalue weighted by Crippen LogP contribution is 2.21. The zero-order valence-corrected chi connectivity index (χ0v) is 16.2. The molecule has 2 aliphatic rings. The van der Waals surface area contributed by atoms with Crippen LogP contribution >= 0.6 is 0 Å². The highest BCUT2D eigenvalue weighted by Gasteiger charge is 2.23. The molecular formula is C22H32N2O2. The number of carbonyl (C=O) groups is 1. The van der Waals surface area contributed by atoms with Crippen LogP contribution in [-0.4, -0.2) is 61.6 Å². The summed E-state index contributed by atoms with van der Waals surface area (Å²) in [6.07, 6.45) is 6.69. The molecule has 0 atom stereocenters. The van der Waals surface area contributed by atoms with Crippen LogP contribution in [0.4, 0.5) is 0 Å². The predicted molar refractivity (Wildman–Crippen MR) is 106 cm³/mol. The maximum atomic E-state index is 12.5. The second kappa shape index (κ2) is 9.33. The minimum Gasteiger partial charge on any atom is -0.379 e. The summed E-state index contributed by atoms with van der Waals surface area (Å²) >= 11 is 0. The number of ether oxygens (including phenoxy) is 1. The molecule has 2 heterocycles. The zero-order chi connectivity index (χ0) is 18.4. The molecule has 142 valence electrons. The molecule has 1 aromatic carbocycles. The summed E-state index contributed by atoms with van der Waals surface area (Å²) in [5.41, 5.74) is 2.65. The van der Waals surface area contributed by atoms with Crippen molar-refractivity contribution >= 4 is 12.0 Å². The number of hydrogen-bond acceptors (Lipinski definition) is 3. The van der Waals surface area contributed by atoms with E-state index in [1.54, 1.807) is 0 Å². The molecule has 0 aromatic heterocycles. The smallest absolute Gasteiger partial charge is 0.236 e. The molecule has 0 bridgehead atoms. The molecule has 0 spiro atoms. The van der Waals surface area contributed by atoms with Crippen LogP contribution in [0.25, 0.3) is 6.08 Å². The fraction of sp³-hybridized carbons (Fsp3) is 0.591. The van der Waals surface area contributed by atoms with Crippen LogP contribution in [0.5, 0.6) is 0 Å². The van der Waals surface area contributed by atoms with E-state index in [-0.39, 0.29) is 5.91 Å². The number of benzene rings is 1. The third-order valence-corrected chi connectivity index (χ3v) is 5.52. The number of allylic oxidation sites excluding steroid dienone is 1. The lowest BCUT2D eigenvalue weighted by atomic mass is 9.95. The minimum atomic E-state index is 0.276. The molecule has 0 unspecified atom stereocenters. The minimum absolute atomic E-state index is 0.276. The highest BCUT2D eigenvalue weighted by atomic mass is 16.5. The van der Waals surface area contributed by atoms with Crippen LogP contribution in [0.2, 0.25) is 0 Å². The lowest BCUT2D eigenvalue weighted by molar-refractivity contribution is -0.134. The monoisotopic (exact) mass is 356 g/mol. The Bertz CT molecular complexity index is 595. The summed E-state index contributed by atoms with van der Waals surface area (Å²) in [5.74, 6) is 1.43. The van der Waals surface area contributed by atoms with Crippen molar-refractivity contribution in [3.05, 3.63) is 41.5 Å². The van der Waals surface area contributed by atoms with Crippen molar-refractivity contribution in [2.45, 2.75) is 32.6 Å². The van der Waals surface area contributed by atoms with Gasteiger partial charge in [-0.2, -0.15) is 0 Å². The van der Waals surface area contributed by atoms with E-state index >= 15 is 0 Å². The van der Waals surface area contributed by atoms with Gasteiger partial charge in [-0.15, -0.1) is 0 Å². The van der Waals surface area contributed by atoms with E-state index < -0.39 is 0 Å². The van der Waals surface area contributed by atoms with E-state index in [1.807, 2.05) is 4.90 Å². The Labute approximate surface area is 157 Å². The van der Waals surface area contributed by atoms with Gasteiger partial charge < -0.3 is 9.64 Å². The summed E-state index contributed by atoms with van der Waals surface area (Å²) in [4.78, 5) is 16.7. The van der Waals surface area contributed by atoms with E-state index in [0.717, 1.165) is 52.2 Å². The van der Waals surface area contributed by atoms with Crippen molar-refractivity contribution in [2.75, 3.05) is 45.9 Å². The topological polar surface area (TPSA) is 32.8 Å². The number of rotatable bonds is 5. The van der Waals surface area contributed by atoms with Gasteiger partial charge in [0.05, 0.1) is 19.8 Å². The van der Waals surface area contributed by atoms with Crippen molar-refractivity contribution in [3.8, 4) is 0 Å². The molecule has 1 aromatic rings. The SMILES string of the molecule is CC(C)c1ccc(/C=C\C2CCN(C(=O)CN3CCOCC3)CC2)cc1. The van der Waals surface area contributed by atoms with E-state index in [1.165, 1.54) is 11.1 Å². The predicted octanol–water partition coefficient (Wildman–Crippen LogP) is 3.39. The number of amides is 1. The average Bonchev–Trinajstić information content (AvgIpc) is 2.68. The number of hydrogen-bond donors (Lipinski definition) is 0. The summed E-state index contributed by atoms with van der Waals surface area (Å²) in [6.45, 7) is 10.00. The van der Waals surface area contributed by atoms with Crippen LogP contribution in [0.15, 0.2) is 30.3 Å². The molecular weight excluding hydrogens is 324 g/mol. The largest absolute Gasteiger partial charge is 0.379 e. The summed E-state index contributed by atoms with van der Waals surface area (Å²) in [6, 6.07) is 8.84. The number of carbonyl (C=O) groups excluding carboxylic acids is 1. The summed E-state index contributed by atoms with van der Waals surface area (Å²) in [5, 5.41) is 0. The number of piperidine rings is 1. The van der Waals surface area contributed by atoms with Crippen molar-refractivity contribution in [3.63, 3.8) is 0 Å². The van der Waals surface area contributed by atoms with Crippen LogP contribution in [0.1, 0.15) is 43.7 Å². The number of morpholine rings is 1. The number of nitrogens with zero attached hydrogens (tertiary/aromatic N) is 2. The first-order valence-electron chi connectivity index (χ1n) is 9.98. The van der Waals surface area contributed by atoms with Crippen molar-refractivity contribution in [2.24, 2.45) is 5.92 Å². The van der Waals surface area contributed by atoms with Gasteiger partial charge in [0, 0.05) is 26.2 Å².